The van der Waals surface area contributed by atoms with Gasteiger partial charge in [0, 0.05) is 23.4 Å². The number of nitrogens with zero attached hydrogens (tertiary/aromatic N) is 2. The minimum atomic E-state index is -2.91. The van der Waals surface area contributed by atoms with Crippen molar-refractivity contribution in [2.24, 2.45) is 0 Å². The van der Waals surface area contributed by atoms with E-state index in [4.69, 9.17) is 0 Å². The fourth-order valence-corrected chi connectivity index (χ4v) is 3.84. The van der Waals surface area contributed by atoms with Crippen LogP contribution in [0, 0.1) is 6.92 Å². The second kappa shape index (κ2) is 4.34. The van der Waals surface area contributed by atoms with Gasteiger partial charge in [-0.05, 0) is 20.3 Å². The maximum absolute atomic E-state index is 11.4. The molecular weight excluding hydrogens is 240 g/mol. The van der Waals surface area contributed by atoms with Crippen LogP contribution in [0.2, 0.25) is 0 Å². The zero-order chi connectivity index (χ0) is 12.6. The molecule has 94 valence electrons. The fourth-order valence-electron chi connectivity index (χ4n) is 2.10. The monoisotopic (exact) mass is 256 g/mol. The summed E-state index contributed by atoms with van der Waals surface area (Å²) in [6.45, 7) is 3.46. The lowest BCUT2D eigenvalue weighted by Crippen LogP contribution is -2.10. The van der Waals surface area contributed by atoms with E-state index in [1.54, 1.807) is 20.0 Å². The average Bonchev–Trinajstić information content (AvgIpc) is 2.58. The van der Waals surface area contributed by atoms with E-state index in [0.29, 0.717) is 23.5 Å². The van der Waals surface area contributed by atoms with Crippen molar-refractivity contribution in [2.75, 3.05) is 11.5 Å². The molecule has 17 heavy (non-hydrogen) atoms. The summed E-state index contributed by atoms with van der Waals surface area (Å²) in [6.07, 6.45) is 1.58. The summed E-state index contributed by atoms with van der Waals surface area (Å²) in [5.74, 6) is 0.841. The SMILES string of the molecule is Cc1nc(C2CCS(=O)(=O)C2)ncc1[C@H](C)O. The first kappa shape index (κ1) is 12.4. The van der Waals surface area contributed by atoms with E-state index in [1.807, 2.05) is 0 Å². The van der Waals surface area contributed by atoms with Crippen molar-refractivity contribution in [1.82, 2.24) is 9.97 Å². The Balaban J connectivity index is 2.27. The van der Waals surface area contributed by atoms with Crippen molar-refractivity contribution in [1.29, 1.82) is 0 Å². The van der Waals surface area contributed by atoms with E-state index < -0.39 is 15.9 Å². The number of aliphatic hydroxyl groups excluding tert-OH is 1. The lowest BCUT2D eigenvalue weighted by atomic mass is 10.1. The van der Waals surface area contributed by atoms with Gasteiger partial charge < -0.3 is 5.11 Å². The molecule has 0 bridgehead atoms. The summed E-state index contributed by atoms with van der Waals surface area (Å²) in [7, 11) is -2.91. The molecule has 2 rings (SSSR count). The molecule has 1 unspecified atom stereocenters. The number of hydrogen-bond acceptors (Lipinski definition) is 5. The normalized spacial score (nSPS) is 24.8. The van der Waals surface area contributed by atoms with Crippen LogP contribution in [0.15, 0.2) is 6.20 Å². The fraction of sp³-hybridized carbons (Fsp3) is 0.636. The van der Waals surface area contributed by atoms with Gasteiger partial charge in [0.1, 0.15) is 5.82 Å². The third-order valence-corrected chi connectivity index (χ3v) is 4.85. The number of aliphatic hydroxyl groups is 1. The lowest BCUT2D eigenvalue weighted by molar-refractivity contribution is 0.197. The standard InChI is InChI=1S/C11H16N2O3S/c1-7-10(8(2)14)5-12-11(13-7)9-3-4-17(15,16)6-9/h5,8-9,14H,3-4,6H2,1-2H3/t8-,9?/m0/s1. The van der Waals surface area contributed by atoms with Crippen LogP contribution in [0.3, 0.4) is 0 Å². The molecule has 1 aromatic heterocycles. The Bertz CT molecular complexity index is 526. The van der Waals surface area contributed by atoms with Gasteiger partial charge >= 0.3 is 0 Å². The molecule has 2 atom stereocenters. The van der Waals surface area contributed by atoms with Gasteiger partial charge in [-0.2, -0.15) is 0 Å². The summed E-state index contributed by atoms with van der Waals surface area (Å²) < 4.78 is 22.8. The average molecular weight is 256 g/mol. The highest BCUT2D eigenvalue weighted by Gasteiger charge is 2.31. The van der Waals surface area contributed by atoms with Crippen molar-refractivity contribution in [3.8, 4) is 0 Å². The molecule has 0 saturated carbocycles. The van der Waals surface area contributed by atoms with Crippen LogP contribution >= 0.6 is 0 Å². The molecule has 2 heterocycles. The number of hydrogen-bond donors (Lipinski definition) is 1. The molecule has 0 spiro atoms. The van der Waals surface area contributed by atoms with Gasteiger partial charge in [0.05, 0.1) is 17.6 Å². The van der Waals surface area contributed by atoms with E-state index in [9.17, 15) is 13.5 Å². The van der Waals surface area contributed by atoms with Gasteiger partial charge in [-0.3, -0.25) is 0 Å². The van der Waals surface area contributed by atoms with E-state index in [0.717, 1.165) is 0 Å². The predicted octanol–water partition coefficient (Wildman–Crippen LogP) is 0.740. The van der Waals surface area contributed by atoms with E-state index in [1.165, 1.54) is 0 Å². The number of rotatable bonds is 2. The third-order valence-electron chi connectivity index (χ3n) is 3.08. The number of sulfone groups is 1. The first-order chi connectivity index (χ1) is 7.89. The maximum atomic E-state index is 11.4. The highest BCUT2D eigenvalue weighted by atomic mass is 32.2. The molecule has 0 aromatic carbocycles. The summed E-state index contributed by atoms with van der Waals surface area (Å²) in [5.41, 5.74) is 1.41. The van der Waals surface area contributed by atoms with Gasteiger partial charge in [-0.1, -0.05) is 0 Å². The Hall–Kier alpha value is -1.01. The Morgan fingerprint density at radius 1 is 1.53 bits per heavy atom. The Labute approximate surface area is 101 Å². The predicted molar refractivity (Wildman–Crippen MR) is 63.4 cm³/mol. The topological polar surface area (TPSA) is 80.2 Å². The molecule has 1 fully saturated rings. The van der Waals surface area contributed by atoms with Crippen molar-refractivity contribution in [3.63, 3.8) is 0 Å². The first-order valence-corrected chi connectivity index (χ1v) is 7.43. The molecule has 5 nitrogen and oxygen atoms in total. The third kappa shape index (κ3) is 2.63. The lowest BCUT2D eigenvalue weighted by Gasteiger charge is -2.11. The number of aryl methyl sites for hydroxylation is 1. The highest BCUT2D eigenvalue weighted by molar-refractivity contribution is 7.91. The Morgan fingerprint density at radius 2 is 2.24 bits per heavy atom. The molecular formula is C11H16N2O3S. The van der Waals surface area contributed by atoms with Crippen LogP contribution in [-0.2, 0) is 9.84 Å². The Kier molecular flexibility index (Phi) is 3.18. The highest BCUT2D eigenvalue weighted by Crippen LogP contribution is 2.27. The Morgan fingerprint density at radius 3 is 2.71 bits per heavy atom. The molecule has 6 heteroatoms. The smallest absolute Gasteiger partial charge is 0.151 e. The largest absolute Gasteiger partial charge is 0.389 e. The molecule has 0 aliphatic carbocycles. The van der Waals surface area contributed by atoms with Crippen LogP contribution < -0.4 is 0 Å². The van der Waals surface area contributed by atoms with Crippen LogP contribution in [0.4, 0.5) is 0 Å². The summed E-state index contributed by atoms with van der Waals surface area (Å²) in [4.78, 5) is 8.48. The summed E-state index contributed by atoms with van der Waals surface area (Å²) >= 11 is 0. The summed E-state index contributed by atoms with van der Waals surface area (Å²) in [6, 6.07) is 0. The van der Waals surface area contributed by atoms with Gasteiger partial charge in [-0.15, -0.1) is 0 Å². The van der Waals surface area contributed by atoms with E-state index in [2.05, 4.69) is 9.97 Å². The second-order valence-corrected chi connectivity index (χ2v) is 6.77. The second-order valence-electron chi connectivity index (χ2n) is 4.54. The first-order valence-electron chi connectivity index (χ1n) is 5.61. The van der Waals surface area contributed by atoms with Gasteiger partial charge in [0.15, 0.2) is 9.84 Å². The summed E-state index contributed by atoms with van der Waals surface area (Å²) in [5, 5.41) is 9.47. The molecule has 1 aliphatic rings. The molecule has 1 N–H and O–H groups in total. The van der Waals surface area contributed by atoms with Gasteiger partial charge in [0.2, 0.25) is 0 Å². The van der Waals surface area contributed by atoms with Gasteiger partial charge in [0.25, 0.3) is 0 Å². The molecule has 1 saturated heterocycles. The van der Waals surface area contributed by atoms with Crippen LogP contribution in [0.25, 0.3) is 0 Å². The van der Waals surface area contributed by atoms with Crippen LogP contribution in [0.1, 0.15) is 42.4 Å². The molecule has 1 aromatic rings. The zero-order valence-corrected chi connectivity index (χ0v) is 10.7. The quantitative estimate of drug-likeness (QED) is 0.844. The van der Waals surface area contributed by atoms with Crippen molar-refractivity contribution in [3.05, 3.63) is 23.3 Å². The molecule has 1 aliphatic heterocycles. The number of aromatic nitrogens is 2. The van der Waals surface area contributed by atoms with Crippen molar-refractivity contribution >= 4 is 9.84 Å². The van der Waals surface area contributed by atoms with Gasteiger partial charge in [-0.25, -0.2) is 18.4 Å². The van der Waals surface area contributed by atoms with E-state index in [-0.39, 0.29) is 17.4 Å². The van der Waals surface area contributed by atoms with Crippen molar-refractivity contribution < 1.29 is 13.5 Å². The van der Waals surface area contributed by atoms with Crippen LogP contribution in [-0.4, -0.2) is 35.0 Å². The minimum Gasteiger partial charge on any atom is -0.389 e. The molecule has 0 radical (unpaired) electrons. The van der Waals surface area contributed by atoms with Crippen molar-refractivity contribution in [2.45, 2.75) is 32.3 Å². The molecule has 0 amide bonds. The van der Waals surface area contributed by atoms with Crippen LogP contribution in [0.5, 0.6) is 0 Å². The zero-order valence-electron chi connectivity index (χ0n) is 9.92. The van der Waals surface area contributed by atoms with E-state index >= 15 is 0 Å². The minimum absolute atomic E-state index is 0.0956. The maximum Gasteiger partial charge on any atom is 0.151 e.